The number of rotatable bonds is 6. The number of hydrogen-bond donors (Lipinski definition) is 2. The minimum Gasteiger partial charge on any atom is -0.463 e. The van der Waals surface area contributed by atoms with Gasteiger partial charge in [0.1, 0.15) is 5.82 Å². The molecule has 7 heteroatoms. The number of nitrogens with zero attached hydrogens (tertiary/aromatic N) is 1. The van der Waals surface area contributed by atoms with Crippen LogP contribution in [0, 0.1) is 12.7 Å². The maximum absolute atomic E-state index is 13.2. The number of hydrogen-bond acceptors (Lipinski definition) is 3. The molecule has 2 N–H and O–H groups in total. The Balaban J connectivity index is 0.00000484. The van der Waals surface area contributed by atoms with Crippen LogP contribution in [0.3, 0.4) is 0 Å². The highest BCUT2D eigenvalue weighted by Crippen LogP contribution is 2.08. The van der Waals surface area contributed by atoms with E-state index in [9.17, 15) is 9.18 Å². The van der Waals surface area contributed by atoms with E-state index in [0.717, 1.165) is 5.56 Å². The van der Waals surface area contributed by atoms with Crippen LogP contribution in [0.25, 0.3) is 0 Å². The number of nitrogens with one attached hydrogen (secondary N) is 2. The van der Waals surface area contributed by atoms with Gasteiger partial charge in [0, 0.05) is 20.1 Å². The summed E-state index contributed by atoms with van der Waals surface area (Å²) >= 11 is 0. The highest BCUT2D eigenvalue weighted by atomic mass is 127. The summed E-state index contributed by atoms with van der Waals surface area (Å²) in [5.74, 6) is 0.126. The molecule has 0 radical (unpaired) electrons. The van der Waals surface area contributed by atoms with Crippen LogP contribution in [0.15, 0.2) is 23.2 Å². The van der Waals surface area contributed by atoms with E-state index in [0.29, 0.717) is 24.6 Å². The summed E-state index contributed by atoms with van der Waals surface area (Å²) in [5, 5.41) is 6.15. The number of carbonyl (C=O) groups is 1. The number of aryl methyl sites for hydroxylation is 1. The smallest absolute Gasteiger partial charge is 0.307 e. The lowest BCUT2D eigenvalue weighted by Gasteiger charge is -2.13. The van der Waals surface area contributed by atoms with Crippen LogP contribution in [-0.2, 0) is 16.1 Å². The Morgan fingerprint density at radius 2 is 2.04 bits per heavy atom. The molecule has 23 heavy (non-hydrogen) atoms. The summed E-state index contributed by atoms with van der Waals surface area (Å²) in [7, 11) is 1.65. The molecule has 0 aliphatic carbocycles. The minimum absolute atomic E-state index is 0. The van der Waals surface area contributed by atoms with Crippen molar-refractivity contribution in [2.75, 3.05) is 13.6 Å². The zero-order chi connectivity index (χ0) is 16.5. The first kappa shape index (κ1) is 21.6. The molecule has 0 spiro atoms. The molecule has 0 amide bonds. The fourth-order valence-electron chi connectivity index (χ4n) is 1.83. The number of esters is 1. The predicted molar refractivity (Wildman–Crippen MR) is 101 cm³/mol. The summed E-state index contributed by atoms with van der Waals surface area (Å²) in [6.45, 7) is 6.32. The lowest BCUT2D eigenvalue weighted by atomic mass is 10.1. The summed E-state index contributed by atoms with van der Waals surface area (Å²) in [4.78, 5) is 15.5. The van der Waals surface area contributed by atoms with E-state index in [4.69, 9.17) is 4.74 Å². The molecule has 0 unspecified atom stereocenters. The van der Waals surface area contributed by atoms with Crippen molar-refractivity contribution in [2.24, 2.45) is 4.99 Å². The van der Waals surface area contributed by atoms with Crippen molar-refractivity contribution in [3.05, 3.63) is 35.1 Å². The molecule has 0 aromatic heterocycles. The van der Waals surface area contributed by atoms with Gasteiger partial charge in [-0.1, -0.05) is 12.1 Å². The van der Waals surface area contributed by atoms with Gasteiger partial charge in [-0.25, -0.2) is 4.39 Å². The van der Waals surface area contributed by atoms with Crippen molar-refractivity contribution in [1.29, 1.82) is 0 Å². The SMILES string of the molecule is CN=C(NCCC(=O)OC(C)C)NCc1ccc(F)c(C)c1.I. The molecule has 0 heterocycles. The third-order valence-electron chi connectivity index (χ3n) is 2.89. The van der Waals surface area contributed by atoms with Gasteiger partial charge in [-0.3, -0.25) is 9.79 Å². The van der Waals surface area contributed by atoms with Crippen molar-refractivity contribution in [1.82, 2.24) is 10.6 Å². The number of carbonyl (C=O) groups excluding carboxylic acids is 1. The highest BCUT2D eigenvalue weighted by Gasteiger charge is 2.06. The average molecular weight is 437 g/mol. The lowest BCUT2D eigenvalue weighted by Crippen LogP contribution is -2.38. The second-order valence-electron chi connectivity index (χ2n) is 5.22. The largest absolute Gasteiger partial charge is 0.463 e. The van der Waals surface area contributed by atoms with Gasteiger partial charge in [-0.05, 0) is 38.0 Å². The van der Waals surface area contributed by atoms with Crippen LogP contribution in [0.4, 0.5) is 4.39 Å². The van der Waals surface area contributed by atoms with Crippen LogP contribution in [0.2, 0.25) is 0 Å². The number of aliphatic imine (C=N–C) groups is 1. The van der Waals surface area contributed by atoms with E-state index in [1.807, 2.05) is 13.8 Å². The first-order valence-corrected chi connectivity index (χ1v) is 7.31. The van der Waals surface area contributed by atoms with Gasteiger partial charge in [0.15, 0.2) is 5.96 Å². The molecule has 0 saturated carbocycles. The molecule has 0 aliphatic rings. The molecular weight excluding hydrogens is 412 g/mol. The number of guanidine groups is 1. The van der Waals surface area contributed by atoms with E-state index < -0.39 is 0 Å². The molecule has 5 nitrogen and oxygen atoms in total. The van der Waals surface area contributed by atoms with E-state index in [1.54, 1.807) is 26.1 Å². The molecule has 0 atom stereocenters. The second-order valence-corrected chi connectivity index (χ2v) is 5.22. The Morgan fingerprint density at radius 1 is 1.35 bits per heavy atom. The quantitative estimate of drug-likeness (QED) is 0.311. The highest BCUT2D eigenvalue weighted by molar-refractivity contribution is 14.0. The monoisotopic (exact) mass is 437 g/mol. The zero-order valence-electron chi connectivity index (χ0n) is 14.0. The Labute approximate surface area is 154 Å². The molecule has 130 valence electrons. The van der Waals surface area contributed by atoms with E-state index in [2.05, 4.69) is 15.6 Å². The minimum atomic E-state index is -0.243. The Hall–Kier alpha value is -1.38. The zero-order valence-corrected chi connectivity index (χ0v) is 16.3. The lowest BCUT2D eigenvalue weighted by molar-refractivity contribution is -0.147. The van der Waals surface area contributed by atoms with Crippen LogP contribution in [0.5, 0.6) is 0 Å². The van der Waals surface area contributed by atoms with Crippen LogP contribution >= 0.6 is 24.0 Å². The summed E-state index contributed by atoms with van der Waals surface area (Å²) in [6, 6.07) is 4.96. The van der Waals surface area contributed by atoms with E-state index in [-0.39, 0.29) is 48.3 Å². The molecular formula is C16H25FIN3O2. The third kappa shape index (κ3) is 8.73. The van der Waals surface area contributed by atoms with Crippen molar-refractivity contribution >= 4 is 35.9 Å². The third-order valence-corrected chi connectivity index (χ3v) is 2.89. The summed E-state index contributed by atoms with van der Waals surface area (Å²) < 4.78 is 18.2. The topological polar surface area (TPSA) is 62.7 Å². The first-order chi connectivity index (χ1) is 10.4. The summed E-state index contributed by atoms with van der Waals surface area (Å²) in [6.07, 6.45) is 0.167. The molecule has 1 rings (SSSR count). The molecule has 0 fully saturated rings. The van der Waals surface area contributed by atoms with E-state index in [1.165, 1.54) is 6.07 Å². The molecule has 1 aromatic carbocycles. The van der Waals surface area contributed by atoms with Gasteiger partial charge in [-0.15, -0.1) is 24.0 Å². The van der Waals surface area contributed by atoms with Gasteiger partial charge >= 0.3 is 5.97 Å². The average Bonchev–Trinajstić information content (AvgIpc) is 2.45. The molecule has 1 aromatic rings. The number of ether oxygens (including phenoxy) is 1. The first-order valence-electron chi connectivity index (χ1n) is 7.31. The maximum Gasteiger partial charge on any atom is 0.307 e. The van der Waals surface area contributed by atoms with Crippen molar-refractivity contribution in [3.63, 3.8) is 0 Å². The van der Waals surface area contributed by atoms with Crippen LogP contribution < -0.4 is 10.6 Å². The second kappa shape index (κ2) is 11.2. The Morgan fingerprint density at radius 3 is 2.61 bits per heavy atom. The Kier molecular flexibility index (Phi) is 10.5. The standard InChI is InChI=1S/C16H24FN3O2.HI/c1-11(2)22-15(21)7-8-19-16(18-4)20-10-13-5-6-14(17)12(3)9-13;/h5-6,9,11H,7-8,10H2,1-4H3,(H2,18,19,20);1H. The Bertz CT molecular complexity index is 536. The number of benzene rings is 1. The van der Waals surface area contributed by atoms with Gasteiger partial charge in [0.25, 0.3) is 0 Å². The van der Waals surface area contributed by atoms with Gasteiger partial charge in [0.05, 0.1) is 12.5 Å². The van der Waals surface area contributed by atoms with Crippen LogP contribution in [0.1, 0.15) is 31.4 Å². The maximum atomic E-state index is 13.2. The number of halogens is 2. The van der Waals surface area contributed by atoms with Gasteiger partial charge < -0.3 is 15.4 Å². The van der Waals surface area contributed by atoms with E-state index >= 15 is 0 Å². The normalized spacial score (nSPS) is 11.0. The molecule has 0 bridgehead atoms. The predicted octanol–water partition coefficient (Wildman–Crippen LogP) is 2.76. The fraction of sp³-hybridized carbons (Fsp3) is 0.500. The van der Waals surface area contributed by atoms with Crippen molar-refractivity contribution < 1.29 is 13.9 Å². The van der Waals surface area contributed by atoms with Gasteiger partial charge in [0.2, 0.25) is 0 Å². The molecule has 0 saturated heterocycles. The summed E-state index contributed by atoms with van der Waals surface area (Å²) in [5.41, 5.74) is 1.57. The van der Waals surface area contributed by atoms with Crippen LogP contribution in [-0.4, -0.2) is 31.6 Å². The van der Waals surface area contributed by atoms with Crippen molar-refractivity contribution in [2.45, 2.75) is 39.8 Å². The fourth-order valence-corrected chi connectivity index (χ4v) is 1.83. The van der Waals surface area contributed by atoms with Gasteiger partial charge in [-0.2, -0.15) is 0 Å². The van der Waals surface area contributed by atoms with Crippen molar-refractivity contribution in [3.8, 4) is 0 Å². The molecule has 0 aliphatic heterocycles.